The number of hydrogen-bond donors (Lipinski definition) is 1. The fraction of sp³-hybridized carbons (Fsp3) is 0.600. The number of aromatic nitrogens is 1. The van der Waals surface area contributed by atoms with Gasteiger partial charge in [0.15, 0.2) is 17.6 Å². The molecule has 2 aliphatic heterocycles. The number of rotatable bonds is 3. The highest BCUT2D eigenvalue weighted by Gasteiger charge is 2.17. The normalized spacial score (nSPS) is 19.1. The lowest BCUT2D eigenvalue weighted by Gasteiger charge is -2.28. The predicted molar refractivity (Wildman–Crippen MR) is 107 cm³/mol. The van der Waals surface area contributed by atoms with Crippen LogP contribution in [0.2, 0.25) is 0 Å². The summed E-state index contributed by atoms with van der Waals surface area (Å²) in [5, 5.41) is 0. The molecule has 9 heteroatoms. The molecule has 1 aromatic rings. The molecular weight excluding hydrogens is 444 g/mol. The van der Waals surface area contributed by atoms with Crippen LogP contribution in [-0.4, -0.2) is 66.7 Å². The van der Waals surface area contributed by atoms with Crippen molar-refractivity contribution in [1.82, 2.24) is 9.88 Å². The second-order valence-electron chi connectivity index (χ2n) is 5.52. The first-order valence-corrected chi connectivity index (χ1v) is 8.99. The molecule has 0 radical (unpaired) electrons. The lowest BCUT2D eigenvalue weighted by molar-refractivity contribution is 0.122. The molecule has 1 aromatic heterocycles. The number of pyridine rings is 1. The summed E-state index contributed by atoms with van der Waals surface area (Å²) in [6.45, 7) is 4.74. The number of anilines is 1. The van der Waals surface area contributed by atoms with E-state index in [1.54, 1.807) is 6.20 Å². The maximum atomic E-state index is 14.3. The number of nitrogens with two attached hydrogens (primary N) is 1. The van der Waals surface area contributed by atoms with Crippen LogP contribution in [0.5, 0.6) is 0 Å². The molecule has 0 amide bonds. The Morgan fingerprint density at radius 1 is 1.29 bits per heavy atom. The monoisotopic (exact) mass is 467 g/mol. The smallest absolute Gasteiger partial charge is 0.191 e. The molecular formula is C15H23FIN5OS. The van der Waals surface area contributed by atoms with Gasteiger partial charge in [-0.15, -0.1) is 24.0 Å². The van der Waals surface area contributed by atoms with E-state index >= 15 is 0 Å². The number of aliphatic imine (C=N–C) groups is 1. The van der Waals surface area contributed by atoms with Crippen LogP contribution in [0, 0.1) is 5.82 Å². The predicted octanol–water partition coefficient (Wildman–Crippen LogP) is 1.54. The zero-order valence-corrected chi connectivity index (χ0v) is 16.6. The highest BCUT2D eigenvalue weighted by molar-refractivity contribution is 14.0. The second-order valence-corrected chi connectivity index (χ2v) is 6.75. The number of hydrogen-bond acceptors (Lipinski definition) is 5. The van der Waals surface area contributed by atoms with Crippen molar-refractivity contribution >= 4 is 47.5 Å². The van der Waals surface area contributed by atoms with Crippen LogP contribution in [0.3, 0.4) is 0 Å². The van der Waals surface area contributed by atoms with E-state index in [9.17, 15) is 4.39 Å². The van der Waals surface area contributed by atoms with Gasteiger partial charge in [0.25, 0.3) is 0 Å². The number of ether oxygens (including phenoxy) is 1. The quantitative estimate of drug-likeness (QED) is 0.414. The van der Waals surface area contributed by atoms with E-state index in [0.717, 1.165) is 30.2 Å². The molecule has 0 aromatic carbocycles. The Balaban J connectivity index is 0.00000208. The van der Waals surface area contributed by atoms with E-state index in [2.05, 4.69) is 14.9 Å². The van der Waals surface area contributed by atoms with Crippen molar-refractivity contribution in [3.63, 3.8) is 0 Å². The van der Waals surface area contributed by atoms with Crippen LogP contribution in [0.4, 0.5) is 10.2 Å². The highest BCUT2D eigenvalue weighted by atomic mass is 127. The molecule has 0 spiro atoms. The fourth-order valence-electron chi connectivity index (χ4n) is 2.63. The van der Waals surface area contributed by atoms with Crippen LogP contribution < -0.4 is 10.6 Å². The van der Waals surface area contributed by atoms with Gasteiger partial charge in [0.05, 0.1) is 19.8 Å². The largest absolute Gasteiger partial charge is 0.378 e. The molecule has 0 unspecified atom stereocenters. The lowest BCUT2D eigenvalue weighted by atomic mass is 10.2. The van der Waals surface area contributed by atoms with Gasteiger partial charge in [-0.1, -0.05) is 0 Å². The van der Waals surface area contributed by atoms with E-state index in [1.807, 2.05) is 16.7 Å². The Hall–Kier alpha value is -0.810. The number of morpholine rings is 1. The molecule has 6 nitrogen and oxygen atoms in total. The van der Waals surface area contributed by atoms with Crippen LogP contribution >= 0.6 is 35.7 Å². The first kappa shape index (κ1) is 19.5. The first-order valence-electron chi connectivity index (χ1n) is 7.84. The Morgan fingerprint density at radius 3 is 2.67 bits per heavy atom. The number of thioether (sulfide) groups is 1. The zero-order chi connectivity index (χ0) is 16.1. The Bertz CT molecular complexity index is 565. The molecule has 3 rings (SSSR count). The van der Waals surface area contributed by atoms with Gasteiger partial charge in [0, 0.05) is 43.9 Å². The number of nitrogens with zero attached hydrogens (tertiary/aromatic N) is 4. The van der Waals surface area contributed by atoms with Crippen molar-refractivity contribution in [1.29, 1.82) is 0 Å². The molecule has 0 saturated carbocycles. The van der Waals surface area contributed by atoms with Crippen LogP contribution in [0.15, 0.2) is 17.3 Å². The standard InChI is InChI=1S/C15H22FN5OS.HI/c16-13-9-12(10-18-14(13)20-1-5-22-6-2-20)11-19-15(17)21-3-7-23-8-4-21;/h9-10H,1-8,11H2,(H2,17,19);1H. The molecule has 2 aliphatic rings. The molecule has 2 fully saturated rings. The van der Waals surface area contributed by atoms with Gasteiger partial charge in [-0.3, -0.25) is 0 Å². The van der Waals surface area contributed by atoms with Gasteiger partial charge in [0.1, 0.15) is 0 Å². The van der Waals surface area contributed by atoms with Crippen molar-refractivity contribution in [2.24, 2.45) is 10.7 Å². The van der Waals surface area contributed by atoms with Gasteiger partial charge in [-0.25, -0.2) is 14.4 Å². The van der Waals surface area contributed by atoms with Crippen molar-refractivity contribution in [3.05, 3.63) is 23.6 Å². The molecule has 2 saturated heterocycles. The maximum Gasteiger partial charge on any atom is 0.191 e. The van der Waals surface area contributed by atoms with Crippen LogP contribution in [-0.2, 0) is 11.3 Å². The van der Waals surface area contributed by atoms with Gasteiger partial charge < -0.3 is 20.3 Å². The van der Waals surface area contributed by atoms with E-state index in [0.29, 0.717) is 44.6 Å². The van der Waals surface area contributed by atoms with Crippen molar-refractivity contribution in [2.45, 2.75) is 6.54 Å². The minimum atomic E-state index is -0.312. The molecule has 0 aliphatic carbocycles. The minimum absolute atomic E-state index is 0. The average molecular weight is 467 g/mol. The summed E-state index contributed by atoms with van der Waals surface area (Å²) in [5.41, 5.74) is 6.74. The molecule has 2 N–H and O–H groups in total. The lowest BCUT2D eigenvalue weighted by Crippen LogP contribution is -2.42. The van der Waals surface area contributed by atoms with Crippen molar-refractivity contribution in [2.75, 3.05) is 55.8 Å². The van der Waals surface area contributed by atoms with Gasteiger partial charge in [-0.05, 0) is 11.6 Å². The fourth-order valence-corrected chi connectivity index (χ4v) is 3.53. The van der Waals surface area contributed by atoms with Gasteiger partial charge in [-0.2, -0.15) is 11.8 Å². The number of guanidine groups is 1. The summed E-state index contributed by atoms with van der Waals surface area (Å²) in [6.07, 6.45) is 1.68. The molecule has 0 bridgehead atoms. The van der Waals surface area contributed by atoms with E-state index in [-0.39, 0.29) is 29.8 Å². The van der Waals surface area contributed by atoms with Crippen LogP contribution in [0.1, 0.15) is 5.56 Å². The van der Waals surface area contributed by atoms with Crippen molar-refractivity contribution < 1.29 is 9.13 Å². The highest BCUT2D eigenvalue weighted by Crippen LogP contribution is 2.19. The second kappa shape index (κ2) is 9.62. The third-order valence-electron chi connectivity index (χ3n) is 3.95. The van der Waals surface area contributed by atoms with Crippen molar-refractivity contribution in [3.8, 4) is 0 Å². The summed E-state index contributed by atoms with van der Waals surface area (Å²) in [6, 6.07) is 1.50. The van der Waals surface area contributed by atoms with E-state index < -0.39 is 0 Å². The van der Waals surface area contributed by atoms with Gasteiger partial charge >= 0.3 is 0 Å². The maximum absolute atomic E-state index is 14.3. The Kier molecular flexibility index (Phi) is 7.82. The molecule has 134 valence electrons. The van der Waals surface area contributed by atoms with Gasteiger partial charge in [0.2, 0.25) is 0 Å². The zero-order valence-electron chi connectivity index (χ0n) is 13.5. The summed E-state index contributed by atoms with van der Waals surface area (Å²) >= 11 is 1.92. The van der Waals surface area contributed by atoms with E-state index in [1.165, 1.54) is 6.07 Å². The third-order valence-corrected chi connectivity index (χ3v) is 4.89. The average Bonchev–Trinajstić information content (AvgIpc) is 2.61. The molecule has 0 atom stereocenters. The summed E-state index contributed by atoms with van der Waals surface area (Å²) in [4.78, 5) is 12.6. The Labute approximate surface area is 163 Å². The summed E-state index contributed by atoms with van der Waals surface area (Å²) in [5.74, 6) is 2.75. The summed E-state index contributed by atoms with van der Waals surface area (Å²) < 4.78 is 19.6. The SMILES string of the molecule is I.NC(=NCc1cnc(N2CCOCC2)c(F)c1)N1CCSCC1. The third kappa shape index (κ3) is 5.09. The van der Waals surface area contributed by atoms with E-state index in [4.69, 9.17) is 10.5 Å². The van der Waals surface area contributed by atoms with Crippen LogP contribution in [0.25, 0.3) is 0 Å². The minimum Gasteiger partial charge on any atom is -0.378 e. The molecule has 24 heavy (non-hydrogen) atoms. The first-order chi connectivity index (χ1) is 11.2. The number of halogens is 2. The Morgan fingerprint density at radius 2 is 2.00 bits per heavy atom. The topological polar surface area (TPSA) is 67.0 Å². The summed E-state index contributed by atoms with van der Waals surface area (Å²) in [7, 11) is 0. The molecule has 3 heterocycles.